The Morgan fingerprint density at radius 2 is 2.05 bits per heavy atom. The van der Waals surface area contributed by atoms with Crippen molar-refractivity contribution in [2.24, 2.45) is 0 Å². The average molecular weight is 312 g/mol. The SMILES string of the molecule is O=C(O)CCOc1ccc(S(=O)(=O)Nc2ncn[nH]2)cc1. The van der Waals surface area contributed by atoms with E-state index in [0.717, 1.165) is 0 Å². The molecule has 1 aromatic carbocycles. The van der Waals surface area contributed by atoms with E-state index in [-0.39, 0.29) is 23.9 Å². The first-order valence-corrected chi connectivity index (χ1v) is 7.28. The highest BCUT2D eigenvalue weighted by Crippen LogP contribution is 2.17. The Hall–Kier alpha value is -2.62. The number of hydrogen-bond acceptors (Lipinski definition) is 6. The normalized spacial score (nSPS) is 11.0. The van der Waals surface area contributed by atoms with E-state index < -0.39 is 16.0 Å². The molecule has 2 rings (SSSR count). The second-order valence-electron chi connectivity index (χ2n) is 3.90. The lowest BCUT2D eigenvalue weighted by Crippen LogP contribution is -2.14. The number of hydrogen-bond donors (Lipinski definition) is 3. The van der Waals surface area contributed by atoms with Crippen LogP contribution in [0.3, 0.4) is 0 Å². The number of nitrogens with zero attached hydrogens (tertiary/aromatic N) is 2. The Balaban J connectivity index is 2.02. The van der Waals surface area contributed by atoms with Gasteiger partial charge in [0.1, 0.15) is 12.1 Å². The zero-order valence-electron chi connectivity index (χ0n) is 10.7. The smallest absolute Gasteiger partial charge is 0.306 e. The van der Waals surface area contributed by atoms with Gasteiger partial charge in [0.05, 0.1) is 17.9 Å². The molecule has 1 heterocycles. The summed E-state index contributed by atoms with van der Waals surface area (Å²) in [6, 6.07) is 5.57. The highest BCUT2D eigenvalue weighted by atomic mass is 32.2. The van der Waals surface area contributed by atoms with E-state index >= 15 is 0 Å². The quantitative estimate of drug-likeness (QED) is 0.676. The van der Waals surface area contributed by atoms with Crippen molar-refractivity contribution >= 4 is 21.9 Å². The molecule has 10 heteroatoms. The van der Waals surface area contributed by atoms with Crippen LogP contribution in [0.1, 0.15) is 6.42 Å². The first kappa shape index (κ1) is 14.8. The molecule has 21 heavy (non-hydrogen) atoms. The Labute approximate surface area is 120 Å². The van der Waals surface area contributed by atoms with Crippen LogP contribution in [0.15, 0.2) is 35.5 Å². The fraction of sp³-hybridized carbons (Fsp3) is 0.182. The van der Waals surface area contributed by atoms with E-state index in [1.807, 2.05) is 0 Å². The van der Waals surface area contributed by atoms with E-state index in [2.05, 4.69) is 19.9 Å². The molecule has 0 aliphatic rings. The number of carbonyl (C=O) groups is 1. The summed E-state index contributed by atoms with van der Waals surface area (Å²) >= 11 is 0. The second-order valence-corrected chi connectivity index (χ2v) is 5.59. The van der Waals surface area contributed by atoms with Crippen molar-refractivity contribution < 1.29 is 23.1 Å². The van der Waals surface area contributed by atoms with Gasteiger partial charge in [0.25, 0.3) is 10.0 Å². The number of nitrogens with one attached hydrogen (secondary N) is 2. The fourth-order valence-corrected chi connectivity index (χ4v) is 2.38. The predicted molar refractivity (Wildman–Crippen MR) is 71.4 cm³/mol. The van der Waals surface area contributed by atoms with Crippen molar-refractivity contribution in [1.82, 2.24) is 15.2 Å². The average Bonchev–Trinajstić information content (AvgIpc) is 2.91. The Morgan fingerprint density at radius 1 is 1.33 bits per heavy atom. The molecule has 0 saturated heterocycles. The number of aromatic nitrogens is 3. The maximum absolute atomic E-state index is 12.0. The molecule has 0 fully saturated rings. The summed E-state index contributed by atoms with van der Waals surface area (Å²) in [7, 11) is -3.77. The van der Waals surface area contributed by atoms with Crippen LogP contribution in [-0.4, -0.2) is 41.3 Å². The fourth-order valence-electron chi connectivity index (χ4n) is 1.41. The molecule has 0 bridgehead atoms. The zero-order chi connectivity index (χ0) is 15.3. The van der Waals surface area contributed by atoms with Gasteiger partial charge in [-0.3, -0.25) is 4.79 Å². The van der Waals surface area contributed by atoms with Gasteiger partial charge in [-0.15, -0.1) is 0 Å². The largest absolute Gasteiger partial charge is 0.493 e. The molecule has 0 unspecified atom stereocenters. The van der Waals surface area contributed by atoms with Gasteiger partial charge in [0, 0.05) is 0 Å². The predicted octanol–water partition coefficient (Wildman–Crippen LogP) is 0.459. The zero-order valence-corrected chi connectivity index (χ0v) is 11.5. The van der Waals surface area contributed by atoms with Gasteiger partial charge in [0.15, 0.2) is 0 Å². The maximum atomic E-state index is 12.0. The summed E-state index contributed by atoms with van der Waals surface area (Å²) in [6.45, 7) is 0.0117. The molecule has 0 saturated carbocycles. The third-order valence-corrected chi connectivity index (χ3v) is 3.72. The highest BCUT2D eigenvalue weighted by molar-refractivity contribution is 7.92. The molecule has 3 N–H and O–H groups in total. The van der Waals surface area contributed by atoms with Crippen molar-refractivity contribution in [1.29, 1.82) is 0 Å². The standard InChI is InChI=1S/C11H12N4O5S/c16-10(17)5-6-20-8-1-3-9(4-2-8)21(18,19)15-11-12-7-13-14-11/h1-4,7H,5-6H2,(H,16,17)(H2,12,13,14,15). The summed E-state index contributed by atoms with van der Waals surface area (Å²) in [5.74, 6) is -0.572. The molecule has 0 spiro atoms. The number of carboxylic acids is 1. The summed E-state index contributed by atoms with van der Waals surface area (Å²) in [5.41, 5.74) is 0. The number of sulfonamides is 1. The first-order chi connectivity index (χ1) is 9.97. The van der Waals surface area contributed by atoms with E-state index in [1.54, 1.807) is 0 Å². The number of H-pyrrole nitrogens is 1. The van der Waals surface area contributed by atoms with Crippen LogP contribution < -0.4 is 9.46 Å². The van der Waals surface area contributed by atoms with Crippen molar-refractivity contribution in [3.05, 3.63) is 30.6 Å². The lowest BCUT2D eigenvalue weighted by molar-refractivity contribution is -0.137. The number of anilines is 1. The van der Waals surface area contributed by atoms with Crippen LogP contribution in [0.2, 0.25) is 0 Å². The van der Waals surface area contributed by atoms with Crippen LogP contribution in [0.4, 0.5) is 5.95 Å². The number of rotatable bonds is 7. The van der Waals surface area contributed by atoms with Crippen molar-refractivity contribution in [3.8, 4) is 5.75 Å². The minimum absolute atomic E-state index is 0.0109. The number of aliphatic carboxylic acids is 1. The van der Waals surface area contributed by atoms with Gasteiger partial charge in [-0.2, -0.15) is 10.1 Å². The van der Waals surface area contributed by atoms with Gasteiger partial charge in [-0.05, 0) is 24.3 Å². The minimum Gasteiger partial charge on any atom is -0.493 e. The van der Waals surface area contributed by atoms with Crippen LogP contribution in [-0.2, 0) is 14.8 Å². The molecule has 9 nitrogen and oxygen atoms in total. The Morgan fingerprint density at radius 3 is 2.62 bits per heavy atom. The summed E-state index contributed by atoms with van der Waals surface area (Å²) in [4.78, 5) is 14.0. The maximum Gasteiger partial charge on any atom is 0.306 e. The monoisotopic (exact) mass is 312 g/mol. The molecular formula is C11H12N4O5S. The van der Waals surface area contributed by atoms with E-state index in [0.29, 0.717) is 5.75 Å². The summed E-state index contributed by atoms with van der Waals surface area (Å²) < 4.78 is 31.4. The molecule has 112 valence electrons. The number of aromatic amines is 1. The molecule has 0 aliphatic heterocycles. The van der Waals surface area contributed by atoms with Crippen molar-refractivity contribution in [2.75, 3.05) is 11.3 Å². The van der Waals surface area contributed by atoms with Gasteiger partial charge in [-0.1, -0.05) is 0 Å². The van der Waals surface area contributed by atoms with Crippen LogP contribution in [0.5, 0.6) is 5.75 Å². The summed E-state index contributed by atoms with van der Waals surface area (Å²) in [5, 5.41) is 14.4. The first-order valence-electron chi connectivity index (χ1n) is 5.80. The molecule has 2 aromatic rings. The van der Waals surface area contributed by atoms with Gasteiger partial charge < -0.3 is 9.84 Å². The van der Waals surface area contributed by atoms with Crippen LogP contribution >= 0.6 is 0 Å². The van der Waals surface area contributed by atoms with Gasteiger partial charge >= 0.3 is 5.97 Å². The van der Waals surface area contributed by atoms with Crippen molar-refractivity contribution in [2.45, 2.75) is 11.3 Å². The number of ether oxygens (including phenoxy) is 1. The molecule has 0 atom stereocenters. The Bertz CT molecular complexity index is 697. The van der Waals surface area contributed by atoms with E-state index in [9.17, 15) is 13.2 Å². The number of carboxylic acid groups (broad SMARTS) is 1. The third-order valence-electron chi connectivity index (χ3n) is 2.36. The highest BCUT2D eigenvalue weighted by Gasteiger charge is 2.15. The molecule has 1 aromatic heterocycles. The molecule has 0 amide bonds. The van der Waals surface area contributed by atoms with E-state index in [1.165, 1.54) is 30.6 Å². The second kappa shape index (κ2) is 6.22. The minimum atomic E-state index is -3.77. The molecule has 0 radical (unpaired) electrons. The topological polar surface area (TPSA) is 134 Å². The summed E-state index contributed by atoms with van der Waals surface area (Å²) in [6.07, 6.45) is 1.05. The third kappa shape index (κ3) is 4.18. The lowest BCUT2D eigenvalue weighted by atomic mass is 10.3. The van der Waals surface area contributed by atoms with Crippen molar-refractivity contribution in [3.63, 3.8) is 0 Å². The van der Waals surface area contributed by atoms with E-state index in [4.69, 9.17) is 9.84 Å². The lowest BCUT2D eigenvalue weighted by Gasteiger charge is -2.07. The Kier molecular flexibility index (Phi) is 4.38. The molecular weight excluding hydrogens is 300 g/mol. The van der Waals surface area contributed by atoms with Crippen LogP contribution in [0.25, 0.3) is 0 Å². The molecule has 0 aliphatic carbocycles. The van der Waals surface area contributed by atoms with Gasteiger partial charge in [-0.25, -0.2) is 18.2 Å². The van der Waals surface area contributed by atoms with Gasteiger partial charge in [0.2, 0.25) is 5.95 Å². The van der Waals surface area contributed by atoms with Crippen LogP contribution in [0, 0.1) is 0 Å². The number of benzene rings is 1.